The van der Waals surface area contributed by atoms with Gasteiger partial charge in [0.25, 0.3) is 0 Å². The molecule has 0 amide bonds. The smallest absolute Gasteiger partial charge is 0.166 e. The topological polar surface area (TPSA) is 52.8 Å². The van der Waals surface area contributed by atoms with Crippen molar-refractivity contribution in [3.63, 3.8) is 0 Å². The summed E-state index contributed by atoms with van der Waals surface area (Å²) in [4.78, 5) is 0. The van der Waals surface area contributed by atoms with Gasteiger partial charge < -0.3 is 4.74 Å². The van der Waals surface area contributed by atoms with Crippen molar-refractivity contribution in [2.45, 2.75) is 25.3 Å². The molecule has 0 radical (unpaired) electrons. The number of hydrogen-bond donors (Lipinski definition) is 0. The van der Waals surface area contributed by atoms with E-state index in [1.807, 2.05) is 0 Å². The molecule has 1 atom stereocenters. The number of hydrogen-bond acceptors (Lipinski definition) is 4. The van der Waals surface area contributed by atoms with Gasteiger partial charge >= 0.3 is 0 Å². The van der Waals surface area contributed by atoms with Gasteiger partial charge in [0.15, 0.2) is 5.82 Å². The van der Waals surface area contributed by atoms with Crippen molar-refractivity contribution in [3.05, 3.63) is 5.82 Å². The van der Waals surface area contributed by atoms with Crippen LogP contribution in [0.5, 0.6) is 0 Å². The Labute approximate surface area is 87.4 Å². The van der Waals surface area contributed by atoms with Gasteiger partial charge in [0.1, 0.15) is 0 Å². The lowest BCUT2D eigenvalue weighted by Gasteiger charge is -2.21. The van der Waals surface area contributed by atoms with Crippen LogP contribution in [0, 0.1) is 5.92 Å². The first-order chi connectivity index (χ1) is 6.90. The van der Waals surface area contributed by atoms with Crippen LogP contribution < -0.4 is 0 Å². The van der Waals surface area contributed by atoms with Gasteiger partial charge in [-0.2, -0.15) is 0 Å². The lowest BCUT2D eigenvalue weighted by molar-refractivity contribution is 0.0465. The molecule has 78 valence electrons. The Kier molecular flexibility index (Phi) is 3.31. The van der Waals surface area contributed by atoms with Crippen LogP contribution in [0.1, 0.15) is 18.7 Å². The van der Waals surface area contributed by atoms with Crippen LogP contribution in [0.4, 0.5) is 0 Å². The summed E-state index contributed by atoms with van der Waals surface area (Å²) in [5.41, 5.74) is 0. The summed E-state index contributed by atoms with van der Waals surface area (Å²) in [7, 11) is 0. The molecule has 1 aromatic rings. The normalized spacial score (nSPS) is 22.5. The Morgan fingerprint density at radius 2 is 2.50 bits per heavy atom. The molecule has 6 heteroatoms. The molecule has 1 saturated heterocycles. The third-order valence-electron chi connectivity index (χ3n) is 2.41. The van der Waals surface area contributed by atoms with Crippen molar-refractivity contribution in [2.75, 3.05) is 13.2 Å². The van der Waals surface area contributed by atoms with E-state index in [4.69, 9.17) is 16.3 Å². The Bertz CT molecular complexity index is 285. The first kappa shape index (κ1) is 9.86. The molecule has 14 heavy (non-hydrogen) atoms. The lowest BCUT2D eigenvalue weighted by atomic mass is 10.0. The van der Waals surface area contributed by atoms with Crippen LogP contribution in [0.3, 0.4) is 0 Å². The Hall–Kier alpha value is -0.680. The molecular formula is C8H13ClN4O. The second-order valence-corrected chi connectivity index (χ2v) is 3.76. The molecule has 5 nitrogen and oxygen atoms in total. The minimum atomic E-state index is 0.362. The van der Waals surface area contributed by atoms with Crippen LogP contribution in [-0.2, 0) is 17.2 Å². The highest BCUT2D eigenvalue weighted by Gasteiger charge is 2.16. The monoisotopic (exact) mass is 216 g/mol. The maximum Gasteiger partial charge on any atom is 0.166 e. The predicted molar refractivity (Wildman–Crippen MR) is 50.9 cm³/mol. The number of halogens is 1. The fraction of sp³-hybridized carbons (Fsp3) is 0.875. The molecule has 0 N–H and O–H groups in total. The van der Waals surface area contributed by atoms with Crippen LogP contribution in [0.15, 0.2) is 0 Å². The summed E-state index contributed by atoms with van der Waals surface area (Å²) in [5, 5.41) is 11.3. The standard InChI is InChI=1S/C8H13ClN4O/c9-4-8-10-11-12-13(8)5-7-2-1-3-14-6-7/h7H,1-6H2. The molecule has 0 bridgehead atoms. The Balaban J connectivity index is 1.95. The van der Waals surface area contributed by atoms with Crippen LogP contribution >= 0.6 is 11.6 Å². The Morgan fingerprint density at radius 1 is 1.57 bits per heavy atom. The largest absolute Gasteiger partial charge is 0.381 e. The molecule has 1 fully saturated rings. The van der Waals surface area contributed by atoms with Crippen molar-refractivity contribution in [1.29, 1.82) is 0 Å². The number of tetrazole rings is 1. The zero-order valence-electron chi connectivity index (χ0n) is 7.90. The van der Waals surface area contributed by atoms with Crippen LogP contribution in [-0.4, -0.2) is 33.4 Å². The second kappa shape index (κ2) is 4.70. The average Bonchev–Trinajstić information content (AvgIpc) is 2.67. The van der Waals surface area contributed by atoms with E-state index in [-0.39, 0.29) is 0 Å². The van der Waals surface area contributed by atoms with E-state index in [2.05, 4.69) is 15.5 Å². The van der Waals surface area contributed by atoms with E-state index < -0.39 is 0 Å². The van der Waals surface area contributed by atoms with Gasteiger partial charge in [0.05, 0.1) is 12.5 Å². The van der Waals surface area contributed by atoms with E-state index in [9.17, 15) is 0 Å². The van der Waals surface area contributed by atoms with Crippen molar-refractivity contribution < 1.29 is 4.74 Å². The number of rotatable bonds is 3. The number of aromatic nitrogens is 4. The predicted octanol–water partition coefficient (Wildman–Crippen LogP) is 0.838. The fourth-order valence-electron chi connectivity index (χ4n) is 1.66. The quantitative estimate of drug-likeness (QED) is 0.703. The molecular weight excluding hydrogens is 204 g/mol. The highest BCUT2D eigenvalue weighted by molar-refractivity contribution is 6.16. The molecule has 1 aromatic heterocycles. The SMILES string of the molecule is ClCc1nnnn1CC1CCCOC1. The lowest BCUT2D eigenvalue weighted by Crippen LogP contribution is -2.23. The molecule has 0 aliphatic carbocycles. The van der Waals surface area contributed by atoms with Crippen molar-refractivity contribution in [2.24, 2.45) is 5.92 Å². The summed E-state index contributed by atoms with van der Waals surface area (Å²) in [5.74, 6) is 1.62. The van der Waals surface area contributed by atoms with E-state index in [0.717, 1.165) is 32.0 Å². The molecule has 0 spiro atoms. The maximum atomic E-state index is 5.70. The highest BCUT2D eigenvalue weighted by atomic mass is 35.5. The number of ether oxygens (including phenoxy) is 1. The summed E-state index contributed by atoms with van der Waals surface area (Å²) in [6.45, 7) is 2.51. The first-order valence-electron chi connectivity index (χ1n) is 4.79. The zero-order valence-corrected chi connectivity index (χ0v) is 8.65. The van der Waals surface area contributed by atoms with Gasteiger partial charge in [-0.05, 0) is 23.3 Å². The summed E-state index contributed by atoms with van der Waals surface area (Å²) in [6.07, 6.45) is 2.31. The van der Waals surface area contributed by atoms with E-state index >= 15 is 0 Å². The Morgan fingerprint density at radius 3 is 3.21 bits per heavy atom. The molecule has 1 aliphatic rings. The number of alkyl halides is 1. The summed E-state index contributed by atoms with van der Waals surface area (Å²) >= 11 is 5.70. The van der Waals surface area contributed by atoms with Gasteiger partial charge in [-0.25, -0.2) is 4.68 Å². The highest BCUT2D eigenvalue weighted by Crippen LogP contribution is 2.15. The van der Waals surface area contributed by atoms with Crippen molar-refractivity contribution in [3.8, 4) is 0 Å². The fourth-order valence-corrected chi connectivity index (χ4v) is 1.85. The van der Waals surface area contributed by atoms with E-state index in [0.29, 0.717) is 11.8 Å². The minimum Gasteiger partial charge on any atom is -0.381 e. The molecule has 0 saturated carbocycles. The minimum absolute atomic E-state index is 0.362. The van der Waals surface area contributed by atoms with Crippen molar-refractivity contribution >= 4 is 11.6 Å². The average molecular weight is 217 g/mol. The molecule has 1 aliphatic heterocycles. The third-order valence-corrected chi connectivity index (χ3v) is 2.65. The molecule has 2 heterocycles. The van der Waals surface area contributed by atoms with Crippen LogP contribution in [0.25, 0.3) is 0 Å². The first-order valence-corrected chi connectivity index (χ1v) is 5.32. The van der Waals surface area contributed by atoms with Crippen molar-refractivity contribution in [1.82, 2.24) is 20.2 Å². The number of nitrogens with zero attached hydrogens (tertiary/aromatic N) is 4. The van der Waals surface area contributed by atoms with Gasteiger partial charge in [0, 0.05) is 19.1 Å². The van der Waals surface area contributed by atoms with Gasteiger partial charge in [0.2, 0.25) is 0 Å². The molecule has 2 rings (SSSR count). The maximum absolute atomic E-state index is 5.70. The van der Waals surface area contributed by atoms with Gasteiger partial charge in [-0.1, -0.05) is 0 Å². The third kappa shape index (κ3) is 2.22. The van der Waals surface area contributed by atoms with E-state index in [1.165, 1.54) is 6.42 Å². The van der Waals surface area contributed by atoms with Gasteiger partial charge in [-0.15, -0.1) is 16.7 Å². The van der Waals surface area contributed by atoms with Gasteiger partial charge in [-0.3, -0.25) is 0 Å². The molecule has 0 aromatic carbocycles. The molecule has 1 unspecified atom stereocenters. The van der Waals surface area contributed by atoms with Crippen LogP contribution in [0.2, 0.25) is 0 Å². The summed E-state index contributed by atoms with van der Waals surface area (Å²) < 4.78 is 7.16. The second-order valence-electron chi connectivity index (χ2n) is 3.49. The zero-order chi connectivity index (χ0) is 9.80. The van der Waals surface area contributed by atoms with E-state index in [1.54, 1.807) is 4.68 Å². The summed E-state index contributed by atoms with van der Waals surface area (Å²) in [6, 6.07) is 0.